The van der Waals surface area contributed by atoms with Crippen LogP contribution in [-0.2, 0) is 19.6 Å². The molecule has 2 rings (SSSR count). The summed E-state index contributed by atoms with van der Waals surface area (Å²) in [6, 6.07) is 10.0. The van der Waals surface area contributed by atoms with Crippen LogP contribution in [0.5, 0.6) is 0 Å². The maximum Gasteiger partial charge on any atom is 0.338 e. The van der Waals surface area contributed by atoms with Crippen molar-refractivity contribution in [2.75, 3.05) is 17.9 Å². The Bertz CT molecular complexity index is 959. The minimum atomic E-state index is -3.99. The minimum Gasteiger partial charge on any atom is -0.452 e. The Balaban J connectivity index is 1.99. The highest BCUT2D eigenvalue weighted by molar-refractivity contribution is 7.92. The van der Waals surface area contributed by atoms with Gasteiger partial charge in [0.25, 0.3) is 15.9 Å². The molecule has 2 aromatic carbocycles. The summed E-state index contributed by atoms with van der Waals surface area (Å²) in [5.41, 5.74) is 0.166. The Kier molecular flexibility index (Phi) is 7.72. The van der Waals surface area contributed by atoms with Crippen molar-refractivity contribution in [1.29, 1.82) is 0 Å². The zero-order valence-corrected chi connectivity index (χ0v) is 17.0. The molecule has 0 fully saturated rings. The minimum absolute atomic E-state index is 0.0121. The van der Waals surface area contributed by atoms with Crippen molar-refractivity contribution >= 4 is 27.6 Å². The van der Waals surface area contributed by atoms with Gasteiger partial charge in [-0.05, 0) is 54.8 Å². The van der Waals surface area contributed by atoms with Gasteiger partial charge in [0.2, 0.25) is 0 Å². The number of rotatable bonds is 9. The second-order valence-electron chi connectivity index (χ2n) is 6.75. The summed E-state index contributed by atoms with van der Waals surface area (Å²) in [6.07, 6.45) is 0.806. The van der Waals surface area contributed by atoms with E-state index in [1.807, 2.05) is 13.8 Å². The van der Waals surface area contributed by atoms with Gasteiger partial charge < -0.3 is 10.1 Å². The van der Waals surface area contributed by atoms with E-state index in [0.717, 1.165) is 24.6 Å². The molecule has 0 aromatic heterocycles. The monoisotopic (exact) mass is 422 g/mol. The molecule has 0 bridgehead atoms. The van der Waals surface area contributed by atoms with Crippen LogP contribution in [0, 0.1) is 11.7 Å². The number of amides is 1. The maximum atomic E-state index is 13.0. The predicted molar refractivity (Wildman–Crippen MR) is 106 cm³/mol. The van der Waals surface area contributed by atoms with Crippen LogP contribution >= 0.6 is 0 Å². The van der Waals surface area contributed by atoms with Crippen molar-refractivity contribution in [1.82, 2.24) is 5.32 Å². The van der Waals surface area contributed by atoms with Gasteiger partial charge in [-0.2, -0.15) is 0 Å². The lowest BCUT2D eigenvalue weighted by atomic mass is 10.1. The molecule has 2 aromatic rings. The van der Waals surface area contributed by atoms with Crippen molar-refractivity contribution < 1.29 is 27.1 Å². The fraction of sp³-hybridized carbons (Fsp3) is 0.300. The van der Waals surface area contributed by atoms with Crippen molar-refractivity contribution in [2.24, 2.45) is 5.92 Å². The molecular formula is C20H23FN2O5S. The molecule has 156 valence electrons. The molecule has 2 N–H and O–H groups in total. The Morgan fingerprint density at radius 2 is 1.79 bits per heavy atom. The van der Waals surface area contributed by atoms with Gasteiger partial charge in [0.1, 0.15) is 5.82 Å². The van der Waals surface area contributed by atoms with E-state index in [2.05, 4.69) is 10.0 Å². The molecule has 0 aliphatic rings. The fourth-order valence-corrected chi connectivity index (χ4v) is 3.39. The van der Waals surface area contributed by atoms with Crippen molar-refractivity contribution in [2.45, 2.75) is 25.2 Å². The molecule has 0 unspecified atom stereocenters. The van der Waals surface area contributed by atoms with Gasteiger partial charge in [-0.25, -0.2) is 17.6 Å². The number of hydrogen-bond acceptors (Lipinski definition) is 5. The van der Waals surface area contributed by atoms with Crippen LogP contribution in [0.4, 0.5) is 10.1 Å². The Morgan fingerprint density at radius 1 is 1.10 bits per heavy atom. The first kappa shape index (κ1) is 22.4. The molecule has 1 amide bonds. The highest BCUT2D eigenvalue weighted by Crippen LogP contribution is 2.18. The highest BCUT2D eigenvalue weighted by atomic mass is 32.2. The SMILES string of the molecule is CC(C)CCNC(=O)COC(=O)c1cccc(S(=O)(=O)Nc2ccc(F)cc2)c1. The third-order valence-corrected chi connectivity index (χ3v) is 5.23. The van der Waals surface area contributed by atoms with E-state index >= 15 is 0 Å². The summed E-state index contributed by atoms with van der Waals surface area (Å²) >= 11 is 0. The number of halogens is 1. The lowest BCUT2D eigenvalue weighted by Gasteiger charge is -2.10. The summed E-state index contributed by atoms with van der Waals surface area (Å²) in [5, 5.41) is 2.64. The third-order valence-electron chi connectivity index (χ3n) is 3.85. The Morgan fingerprint density at radius 3 is 2.45 bits per heavy atom. The van der Waals surface area contributed by atoms with Crippen LogP contribution in [0.2, 0.25) is 0 Å². The van der Waals surface area contributed by atoms with E-state index < -0.39 is 34.3 Å². The number of benzene rings is 2. The van der Waals surface area contributed by atoms with Crippen molar-refractivity contribution in [3.8, 4) is 0 Å². The number of esters is 1. The first-order valence-corrected chi connectivity index (χ1v) is 10.5. The summed E-state index contributed by atoms with van der Waals surface area (Å²) in [4.78, 5) is 23.7. The average molecular weight is 422 g/mol. The maximum absolute atomic E-state index is 13.0. The molecule has 0 aliphatic heterocycles. The number of hydrogen-bond donors (Lipinski definition) is 2. The average Bonchev–Trinajstić information content (AvgIpc) is 2.67. The number of nitrogens with one attached hydrogen (secondary N) is 2. The van der Waals surface area contributed by atoms with Crippen LogP contribution in [0.1, 0.15) is 30.6 Å². The normalized spacial score (nSPS) is 11.2. The summed E-state index contributed by atoms with van der Waals surface area (Å²) in [5.74, 6) is -1.31. The van der Waals surface area contributed by atoms with Gasteiger partial charge >= 0.3 is 5.97 Å². The quantitative estimate of drug-likeness (QED) is 0.605. The van der Waals surface area contributed by atoms with Gasteiger partial charge in [0.15, 0.2) is 6.61 Å². The second kappa shape index (κ2) is 10.0. The molecule has 9 heteroatoms. The highest BCUT2D eigenvalue weighted by Gasteiger charge is 2.18. The molecular weight excluding hydrogens is 399 g/mol. The van der Waals surface area contributed by atoms with Gasteiger partial charge in [-0.3, -0.25) is 9.52 Å². The van der Waals surface area contributed by atoms with Crippen LogP contribution in [0.15, 0.2) is 53.4 Å². The largest absolute Gasteiger partial charge is 0.452 e. The van der Waals surface area contributed by atoms with Crippen LogP contribution in [-0.4, -0.2) is 33.4 Å². The molecule has 0 spiro atoms. The van der Waals surface area contributed by atoms with Gasteiger partial charge in [0.05, 0.1) is 10.5 Å². The standard InChI is InChI=1S/C20H23FN2O5S/c1-14(2)10-11-22-19(24)13-28-20(25)15-4-3-5-18(12-15)29(26,27)23-17-8-6-16(21)7-9-17/h3-9,12,14,23H,10-11,13H2,1-2H3,(H,22,24). The van der Waals surface area contributed by atoms with E-state index in [1.54, 1.807) is 0 Å². The topological polar surface area (TPSA) is 102 Å². The molecule has 0 saturated heterocycles. The molecule has 0 aliphatic carbocycles. The van der Waals surface area contributed by atoms with E-state index in [4.69, 9.17) is 4.74 Å². The predicted octanol–water partition coefficient (Wildman–Crippen LogP) is 2.95. The molecule has 29 heavy (non-hydrogen) atoms. The number of sulfonamides is 1. The van der Waals surface area contributed by atoms with E-state index in [0.29, 0.717) is 12.5 Å². The number of ether oxygens (including phenoxy) is 1. The Hall–Kier alpha value is -2.94. The van der Waals surface area contributed by atoms with Crippen LogP contribution in [0.3, 0.4) is 0 Å². The lowest BCUT2D eigenvalue weighted by molar-refractivity contribution is -0.124. The van der Waals surface area contributed by atoms with Crippen LogP contribution < -0.4 is 10.0 Å². The smallest absolute Gasteiger partial charge is 0.338 e. The summed E-state index contributed by atoms with van der Waals surface area (Å²) in [6.45, 7) is 4.08. The number of anilines is 1. The summed E-state index contributed by atoms with van der Waals surface area (Å²) in [7, 11) is -3.99. The van der Waals surface area contributed by atoms with Crippen molar-refractivity contribution in [3.05, 3.63) is 59.9 Å². The van der Waals surface area contributed by atoms with Crippen LogP contribution in [0.25, 0.3) is 0 Å². The van der Waals surface area contributed by atoms with Crippen molar-refractivity contribution in [3.63, 3.8) is 0 Å². The number of carbonyl (C=O) groups excluding carboxylic acids is 2. The van der Waals surface area contributed by atoms with E-state index in [1.165, 1.54) is 30.3 Å². The van der Waals surface area contributed by atoms with Gasteiger partial charge in [-0.1, -0.05) is 19.9 Å². The van der Waals surface area contributed by atoms with Gasteiger partial charge in [0, 0.05) is 12.2 Å². The third kappa shape index (κ3) is 7.19. The van der Waals surface area contributed by atoms with Gasteiger partial charge in [-0.15, -0.1) is 0 Å². The fourth-order valence-electron chi connectivity index (χ4n) is 2.29. The first-order chi connectivity index (χ1) is 13.7. The zero-order chi connectivity index (χ0) is 21.4. The first-order valence-electron chi connectivity index (χ1n) is 8.99. The Labute approximate surface area is 169 Å². The summed E-state index contributed by atoms with van der Waals surface area (Å²) < 4.78 is 45.2. The van der Waals surface area contributed by atoms with E-state index in [9.17, 15) is 22.4 Å². The zero-order valence-electron chi connectivity index (χ0n) is 16.1. The molecule has 0 heterocycles. The molecule has 0 radical (unpaired) electrons. The molecule has 0 saturated carbocycles. The number of carbonyl (C=O) groups is 2. The second-order valence-corrected chi connectivity index (χ2v) is 8.43. The molecule has 7 nitrogen and oxygen atoms in total. The lowest BCUT2D eigenvalue weighted by Crippen LogP contribution is -2.30. The molecule has 0 atom stereocenters. The van der Waals surface area contributed by atoms with E-state index in [-0.39, 0.29) is 16.1 Å².